The fourth-order valence-electron chi connectivity index (χ4n) is 10.0. The highest BCUT2D eigenvalue weighted by Crippen LogP contribution is 2.39. The fourth-order valence-corrected chi connectivity index (χ4v) is 10.0. The third-order valence-electron chi connectivity index (χ3n) is 13.6. The highest BCUT2D eigenvalue weighted by Gasteiger charge is 2.16. The molecule has 3 heteroatoms. The molecule has 0 unspecified atom stereocenters. The van der Waals surface area contributed by atoms with Gasteiger partial charge in [-0.2, -0.15) is 0 Å². The Labute approximate surface area is 404 Å². The maximum Gasteiger partial charge on any atom is 0.0540 e. The van der Waals surface area contributed by atoms with Crippen molar-refractivity contribution in [2.75, 3.05) is 9.80 Å². The van der Waals surface area contributed by atoms with Crippen LogP contribution in [0, 0.1) is 0 Å². The van der Waals surface area contributed by atoms with E-state index >= 15 is 0 Å². The Balaban J connectivity index is 0.750. The minimum absolute atomic E-state index is 1.00. The van der Waals surface area contributed by atoms with E-state index in [0.717, 1.165) is 52.4 Å². The summed E-state index contributed by atoms with van der Waals surface area (Å²) in [6.45, 7) is 4.29. The maximum absolute atomic E-state index is 4.29. The molecule has 69 heavy (non-hydrogen) atoms. The Morgan fingerprint density at radius 1 is 0.391 bits per heavy atom. The molecule has 12 rings (SSSR count). The summed E-state index contributed by atoms with van der Waals surface area (Å²) in [6, 6.07) is 81.3. The van der Waals surface area contributed by atoms with Crippen LogP contribution in [0.1, 0.15) is 18.4 Å². The Kier molecular flexibility index (Phi) is 10.9. The van der Waals surface area contributed by atoms with Gasteiger partial charge in [-0.1, -0.05) is 183 Å². The summed E-state index contributed by atoms with van der Waals surface area (Å²) < 4.78 is 2.41. The number of anilines is 5. The number of nitrogens with zero attached hydrogens (tertiary/aromatic N) is 3. The van der Waals surface area contributed by atoms with Crippen LogP contribution >= 0.6 is 0 Å². The molecule has 10 aromatic rings. The molecule has 1 aliphatic carbocycles. The summed E-state index contributed by atoms with van der Waals surface area (Å²) in [7, 11) is 0. The number of hydrogen-bond acceptors (Lipinski definition) is 2. The zero-order valence-corrected chi connectivity index (χ0v) is 38.3. The van der Waals surface area contributed by atoms with E-state index in [1.54, 1.807) is 0 Å². The number of benzene rings is 9. The second-order valence-corrected chi connectivity index (χ2v) is 17.8. The number of rotatable bonds is 9. The lowest BCUT2D eigenvalue weighted by molar-refractivity contribution is 1.02. The van der Waals surface area contributed by atoms with Crippen molar-refractivity contribution in [1.29, 1.82) is 0 Å². The van der Waals surface area contributed by atoms with Gasteiger partial charge < -0.3 is 14.4 Å². The molecule has 0 amide bonds. The van der Waals surface area contributed by atoms with E-state index < -0.39 is 0 Å². The largest absolute Gasteiger partial charge is 0.317 e. The summed E-state index contributed by atoms with van der Waals surface area (Å²) >= 11 is 0. The molecule has 0 spiro atoms. The average Bonchev–Trinajstić information content (AvgIpc) is 3.76. The molecule has 3 nitrogen and oxygen atoms in total. The molecule has 0 bridgehead atoms. The predicted molar refractivity (Wildman–Crippen MR) is 293 cm³/mol. The van der Waals surface area contributed by atoms with Crippen LogP contribution in [-0.4, -0.2) is 4.57 Å². The lowest BCUT2D eigenvalue weighted by atomic mass is 9.99. The maximum atomic E-state index is 4.29. The molecule has 0 N–H and O–H groups in total. The predicted octanol–water partition coefficient (Wildman–Crippen LogP) is 16.4. The molecule has 2 aliphatic rings. The number of para-hydroxylation sites is 3. The number of aromatic nitrogens is 1. The molecule has 2 heterocycles. The van der Waals surface area contributed by atoms with Crippen molar-refractivity contribution in [2.45, 2.75) is 12.8 Å². The van der Waals surface area contributed by atoms with Gasteiger partial charge in [-0.3, -0.25) is 0 Å². The molecule has 0 saturated heterocycles. The summed E-state index contributed by atoms with van der Waals surface area (Å²) in [5.74, 6) is 0. The molecule has 0 fully saturated rings. The van der Waals surface area contributed by atoms with Crippen LogP contribution in [0.2, 0.25) is 0 Å². The van der Waals surface area contributed by atoms with Gasteiger partial charge in [0.1, 0.15) is 0 Å². The van der Waals surface area contributed by atoms with Crippen LogP contribution in [-0.2, 0) is 0 Å². The van der Waals surface area contributed by atoms with E-state index in [9.17, 15) is 0 Å². The van der Waals surface area contributed by atoms with Crippen molar-refractivity contribution in [2.24, 2.45) is 0 Å². The third kappa shape index (κ3) is 8.00. The molecule has 1 aliphatic heterocycles. The van der Waals surface area contributed by atoms with Crippen LogP contribution < -0.4 is 20.4 Å². The molecule has 9 aromatic carbocycles. The van der Waals surface area contributed by atoms with Gasteiger partial charge in [0, 0.05) is 56.2 Å². The molecule has 0 atom stereocenters. The topological polar surface area (TPSA) is 11.4 Å². The van der Waals surface area contributed by atoms with Gasteiger partial charge in [-0.05, 0) is 142 Å². The van der Waals surface area contributed by atoms with Crippen LogP contribution in [0.25, 0.3) is 78.8 Å². The Hall–Kier alpha value is -8.92. The quantitative estimate of drug-likeness (QED) is 0.143. The molecule has 0 radical (unpaired) electrons. The summed E-state index contributed by atoms with van der Waals surface area (Å²) in [6.07, 6.45) is 15.2. The van der Waals surface area contributed by atoms with Crippen molar-refractivity contribution in [3.63, 3.8) is 0 Å². The van der Waals surface area contributed by atoms with E-state index in [1.807, 2.05) is 6.08 Å². The SMILES string of the molecule is C=C1/C=C\C=C/N(c2ccc(-c3ccc(-c4ccc(N(c5ccccc5)c5ccc(-c6ccc(-c7ccc(-n8c9c(c%10ccccc%108)=CCCC=9)cc7)cc6)cc5)cc4)cc3)cc2)c2ccccc21. The van der Waals surface area contributed by atoms with Gasteiger partial charge in [0.05, 0.1) is 11.2 Å². The Morgan fingerprint density at radius 3 is 1.42 bits per heavy atom. The molecule has 0 saturated carbocycles. The van der Waals surface area contributed by atoms with E-state index in [-0.39, 0.29) is 0 Å². The number of allylic oxidation sites excluding steroid dienone is 4. The number of fused-ring (bicyclic) bond motifs is 4. The van der Waals surface area contributed by atoms with Crippen LogP contribution in [0.4, 0.5) is 28.4 Å². The standard InChI is InChI=1S/C66H49N3/c1-47-13-11-12-46-67(64-19-8-5-16-61(47)64)56-38-30-52(31-39-56)48-22-24-49(25-23-48)53-32-40-58(41-33-53)68(57-14-3-2-4-15-57)59-42-34-54(35-43-59)50-26-28-51(29-27-50)55-36-44-60(45-37-55)69-65-20-9-6-17-62(65)63-18-7-10-21-66(63)69/h2-6,8-9,11-46H,1,7,10H2/b13-11-,46-12-. The van der Waals surface area contributed by atoms with Gasteiger partial charge in [0.2, 0.25) is 0 Å². The lowest BCUT2D eigenvalue weighted by Crippen LogP contribution is -2.30. The zero-order chi connectivity index (χ0) is 46.1. The van der Waals surface area contributed by atoms with Crippen LogP contribution in [0.5, 0.6) is 0 Å². The monoisotopic (exact) mass is 883 g/mol. The van der Waals surface area contributed by atoms with Crippen molar-refractivity contribution in [1.82, 2.24) is 4.57 Å². The summed E-state index contributed by atoms with van der Waals surface area (Å²) in [5.41, 5.74) is 19.6. The van der Waals surface area contributed by atoms with Gasteiger partial charge in [0.15, 0.2) is 0 Å². The van der Waals surface area contributed by atoms with Crippen molar-refractivity contribution >= 4 is 57.1 Å². The third-order valence-corrected chi connectivity index (χ3v) is 13.6. The molecular weight excluding hydrogens is 835 g/mol. The molecular formula is C66H49N3. The summed E-state index contributed by atoms with van der Waals surface area (Å²) in [5, 5.41) is 3.99. The van der Waals surface area contributed by atoms with Crippen molar-refractivity contribution < 1.29 is 0 Å². The first-order chi connectivity index (χ1) is 34.1. The van der Waals surface area contributed by atoms with E-state index in [4.69, 9.17) is 0 Å². The molecule has 1 aromatic heterocycles. The highest BCUT2D eigenvalue weighted by molar-refractivity contribution is 5.87. The first kappa shape index (κ1) is 41.5. The van der Waals surface area contributed by atoms with E-state index in [2.05, 4.69) is 276 Å². The van der Waals surface area contributed by atoms with Crippen molar-refractivity contribution in [3.05, 3.63) is 272 Å². The lowest BCUT2D eigenvalue weighted by Gasteiger charge is -2.26. The summed E-state index contributed by atoms with van der Waals surface area (Å²) in [4.78, 5) is 4.55. The second-order valence-electron chi connectivity index (χ2n) is 17.8. The van der Waals surface area contributed by atoms with Crippen LogP contribution in [0.3, 0.4) is 0 Å². The first-order valence-electron chi connectivity index (χ1n) is 23.8. The smallest absolute Gasteiger partial charge is 0.0540 e. The fraction of sp³-hybridized carbons (Fsp3) is 0.0303. The average molecular weight is 884 g/mol. The van der Waals surface area contributed by atoms with Gasteiger partial charge >= 0.3 is 0 Å². The highest BCUT2D eigenvalue weighted by atomic mass is 15.1. The van der Waals surface area contributed by atoms with Gasteiger partial charge in [-0.15, -0.1) is 0 Å². The minimum atomic E-state index is 1.00. The first-order valence-corrected chi connectivity index (χ1v) is 23.8. The second kappa shape index (κ2) is 18.0. The Bertz CT molecular complexity index is 3670. The van der Waals surface area contributed by atoms with E-state index in [0.29, 0.717) is 0 Å². The normalized spacial score (nSPS) is 13.9. The van der Waals surface area contributed by atoms with Gasteiger partial charge in [-0.25, -0.2) is 0 Å². The van der Waals surface area contributed by atoms with Crippen LogP contribution in [0.15, 0.2) is 255 Å². The minimum Gasteiger partial charge on any atom is -0.317 e. The van der Waals surface area contributed by atoms with Gasteiger partial charge in [0.25, 0.3) is 0 Å². The Morgan fingerprint density at radius 2 is 0.841 bits per heavy atom. The van der Waals surface area contributed by atoms with E-state index in [1.165, 1.54) is 71.7 Å². The number of hydrogen-bond donors (Lipinski definition) is 0. The zero-order valence-electron chi connectivity index (χ0n) is 38.3. The molecule has 328 valence electrons. The van der Waals surface area contributed by atoms with Crippen molar-refractivity contribution in [3.8, 4) is 50.2 Å².